The van der Waals surface area contributed by atoms with Gasteiger partial charge >= 0.3 is 0 Å². The van der Waals surface area contributed by atoms with E-state index in [0.29, 0.717) is 10.6 Å². The molecule has 0 saturated heterocycles. The Bertz CT molecular complexity index is 559. The normalized spacial score (nSPS) is 10.3. The number of pyridine rings is 1. The highest BCUT2D eigenvalue weighted by molar-refractivity contribution is 9.10. The second-order valence-corrected chi connectivity index (χ2v) is 6.06. The molecule has 7 heteroatoms. The number of nitrogens with two attached hydrogens (primary N) is 1. The van der Waals surface area contributed by atoms with Gasteiger partial charge in [0.1, 0.15) is 5.03 Å². The summed E-state index contributed by atoms with van der Waals surface area (Å²) < 4.78 is 0.954. The molecule has 0 spiro atoms. The second kappa shape index (κ2) is 6.33. The van der Waals surface area contributed by atoms with Crippen LogP contribution in [-0.2, 0) is 5.75 Å². The maximum Gasteiger partial charge on any atom is 0.275 e. The Morgan fingerprint density at radius 2 is 2.39 bits per heavy atom. The maximum atomic E-state index is 11.5. The van der Waals surface area contributed by atoms with Crippen molar-refractivity contribution in [1.29, 1.82) is 0 Å². The number of hydrazine groups is 1. The summed E-state index contributed by atoms with van der Waals surface area (Å²) in [4.78, 5) is 16.4. The predicted octanol–water partition coefficient (Wildman–Crippen LogP) is 2.80. The molecule has 0 bridgehead atoms. The van der Waals surface area contributed by atoms with E-state index < -0.39 is 0 Å². The summed E-state index contributed by atoms with van der Waals surface area (Å²) in [5.41, 5.74) is 3.12. The smallest absolute Gasteiger partial charge is 0.275 e. The molecule has 1 amide bonds. The number of thioether (sulfide) groups is 1. The summed E-state index contributed by atoms with van der Waals surface area (Å²) in [5, 5.41) is 2.79. The highest BCUT2D eigenvalue weighted by Crippen LogP contribution is 2.30. The van der Waals surface area contributed by atoms with Gasteiger partial charge in [-0.25, -0.2) is 10.8 Å². The van der Waals surface area contributed by atoms with E-state index in [4.69, 9.17) is 5.84 Å². The summed E-state index contributed by atoms with van der Waals surface area (Å²) in [6, 6.07) is 5.74. The lowest BCUT2D eigenvalue weighted by molar-refractivity contribution is 0.0957. The van der Waals surface area contributed by atoms with Crippen molar-refractivity contribution in [2.45, 2.75) is 10.8 Å². The van der Waals surface area contributed by atoms with E-state index in [-0.39, 0.29) is 5.91 Å². The Morgan fingerprint density at radius 1 is 1.56 bits per heavy atom. The van der Waals surface area contributed by atoms with Crippen LogP contribution < -0.4 is 11.3 Å². The van der Waals surface area contributed by atoms with Crippen LogP contribution in [0.4, 0.5) is 0 Å². The van der Waals surface area contributed by atoms with Gasteiger partial charge < -0.3 is 0 Å². The number of amides is 1. The van der Waals surface area contributed by atoms with Crippen LogP contribution in [-0.4, -0.2) is 10.9 Å². The van der Waals surface area contributed by atoms with Crippen molar-refractivity contribution in [3.63, 3.8) is 0 Å². The lowest BCUT2D eigenvalue weighted by Gasteiger charge is -2.04. The molecule has 0 fully saturated rings. The number of rotatable bonds is 4. The largest absolute Gasteiger partial charge is 0.289 e. The minimum Gasteiger partial charge on any atom is -0.289 e. The van der Waals surface area contributed by atoms with Gasteiger partial charge in [-0.2, -0.15) is 0 Å². The number of hydrogen-bond donors (Lipinski definition) is 2. The molecule has 2 rings (SSSR count). The quantitative estimate of drug-likeness (QED) is 0.387. The molecule has 0 atom stereocenters. The number of halogens is 1. The summed E-state index contributed by atoms with van der Waals surface area (Å²) >= 11 is 6.40. The number of carbonyl (C=O) groups excluding carboxylic acids is 1. The fourth-order valence-electron chi connectivity index (χ4n) is 1.34. The minimum atomic E-state index is -0.249. The Morgan fingerprint density at radius 3 is 3.11 bits per heavy atom. The molecule has 0 saturated carbocycles. The SMILES string of the molecule is NNC(=O)c1sccc1CSc1ncccc1Br. The predicted molar refractivity (Wildman–Crippen MR) is 77.5 cm³/mol. The number of carbonyl (C=O) groups is 1. The highest BCUT2D eigenvalue weighted by atomic mass is 79.9. The molecule has 3 N–H and O–H groups in total. The van der Waals surface area contributed by atoms with Gasteiger partial charge in [0.25, 0.3) is 5.91 Å². The van der Waals surface area contributed by atoms with Gasteiger partial charge in [0.05, 0.1) is 4.88 Å². The summed E-state index contributed by atoms with van der Waals surface area (Å²) in [5.74, 6) is 5.58. The lowest BCUT2D eigenvalue weighted by atomic mass is 10.3. The first-order valence-electron chi connectivity index (χ1n) is 5.03. The van der Waals surface area contributed by atoms with Gasteiger partial charge in [0.15, 0.2) is 0 Å². The first-order valence-corrected chi connectivity index (χ1v) is 7.69. The number of nitrogens with one attached hydrogen (secondary N) is 1. The van der Waals surface area contributed by atoms with Gasteiger partial charge in [-0.15, -0.1) is 23.1 Å². The molecule has 0 aromatic carbocycles. The molecular weight excluding hydrogens is 334 g/mol. The van der Waals surface area contributed by atoms with Gasteiger partial charge in [-0.05, 0) is 45.1 Å². The standard InChI is InChI=1S/C11H10BrN3OS2/c12-8-2-1-4-14-11(8)18-6-7-3-5-17-9(7)10(16)15-13/h1-5H,6,13H2,(H,15,16). The van der Waals surface area contributed by atoms with E-state index >= 15 is 0 Å². The molecule has 2 aromatic heterocycles. The van der Waals surface area contributed by atoms with Crippen LogP contribution in [0.3, 0.4) is 0 Å². The van der Waals surface area contributed by atoms with Gasteiger partial charge in [0.2, 0.25) is 0 Å². The summed E-state index contributed by atoms with van der Waals surface area (Å²) in [6.45, 7) is 0. The fraction of sp³-hybridized carbons (Fsp3) is 0.0909. The van der Waals surface area contributed by atoms with Crippen LogP contribution in [0, 0.1) is 0 Å². The van der Waals surface area contributed by atoms with Crippen LogP contribution in [0.25, 0.3) is 0 Å². The first kappa shape index (κ1) is 13.5. The minimum absolute atomic E-state index is 0.249. The topological polar surface area (TPSA) is 68.0 Å². The molecule has 94 valence electrons. The van der Waals surface area contributed by atoms with E-state index in [0.717, 1.165) is 15.1 Å². The third kappa shape index (κ3) is 3.11. The van der Waals surface area contributed by atoms with Crippen molar-refractivity contribution in [3.05, 3.63) is 44.7 Å². The van der Waals surface area contributed by atoms with Crippen LogP contribution in [0.15, 0.2) is 39.3 Å². The van der Waals surface area contributed by atoms with Crippen molar-refractivity contribution in [2.75, 3.05) is 0 Å². The van der Waals surface area contributed by atoms with Crippen LogP contribution in [0.2, 0.25) is 0 Å². The van der Waals surface area contributed by atoms with Crippen LogP contribution in [0.5, 0.6) is 0 Å². The zero-order chi connectivity index (χ0) is 13.0. The Labute approximate surface area is 121 Å². The van der Waals surface area contributed by atoms with Crippen molar-refractivity contribution >= 4 is 44.9 Å². The Balaban J connectivity index is 2.09. The molecule has 2 aromatic rings. The number of thiophene rings is 1. The third-order valence-corrected chi connectivity index (χ3v) is 5.09. The molecule has 0 radical (unpaired) electrons. The second-order valence-electron chi connectivity index (χ2n) is 3.33. The van der Waals surface area contributed by atoms with E-state index in [9.17, 15) is 4.79 Å². The average molecular weight is 344 g/mol. The Hall–Kier alpha value is -0.890. The maximum absolute atomic E-state index is 11.5. The molecule has 0 aliphatic rings. The molecule has 4 nitrogen and oxygen atoms in total. The summed E-state index contributed by atoms with van der Waals surface area (Å²) in [7, 11) is 0. The zero-order valence-electron chi connectivity index (χ0n) is 9.22. The highest BCUT2D eigenvalue weighted by Gasteiger charge is 2.12. The molecule has 18 heavy (non-hydrogen) atoms. The number of hydrogen-bond acceptors (Lipinski definition) is 5. The van der Waals surface area contributed by atoms with Crippen LogP contribution >= 0.6 is 39.0 Å². The van der Waals surface area contributed by atoms with E-state index in [2.05, 4.69) is 26.3 Å². The molecular formula is C11H10BrN3OS2. The number of nitrogens with zero attached hydrogens (tertiary/aromatic N) is 1. The van der Waals surface area contributed by atoms with Crippen molar-refractivity contribution in [3.8, 4) is 0 Å². The molecule has 0 aliphatic carbocycles. The van der Waals surface area contributed by atoms with E-state index in [1.165, 1.54) is 11.3 Å². The van der Waals surface area contributed by atoms with Gasteiger partial charge in [-0.1, -0.05) is 0 Å². The molecule has 0 aliphatic heterocycles. The van der Waals surface area contributed by atoms with Crippen LogP contribution in [0.1, 0.15) is 15.2 Å². The number of aromatic nitrogens is 1. The van der Waals surface area contributed by atoms with Gasteiger partial charge in [-0.3, -0.25) is 10.2 Å². The molecule has 0 unspecified atom stereocenters. The lowest BCUT2D eigenvalue weighted by Crippen LogP contribution is -2.29. The monoisotopic (exact) mass is 343 g/mol. The van der Waals surface area contributed by atoms with Crippen molar-refractivity contribution in [1.82, 2.24) is 10.4 Å². The number of nitrogen functional groups attached to an aromatic ring is 1. The van der Waals surface area contributed by atoms with E-state index in [1.807, 2.05) is 23.6 Å². The van der Waals surface area contributed by atoms with Crippen molar-refractivity contribution in [2.24, 2.45) is 5.84 Å². The average Bonchev–Trinajstić information content (AvgIpc) is 2.85. The molecule has 2 heterocycles. The zero-order valence-corrected chi connectivity index (χ0v) is 12.4. The van der Waals surface area contributed by atoms with Crippen molar-refractivity contribution < 1.29 is 4.79 Å². The fourth-order valence-corrected chi connectivity index (χ4v) is 3.73. The summed E-state index contributed by atoms with van der Waals surface area (Å²) in [6.07, 6.45) is 1.74. The first-order chi connectivity index (χ1) is 8.72. The van der Waals surface area contributed by atoms with E-state index in [1.54, 1.807) is 18.0 Å². The third-order valence-electron chi connectivity index (χ3n) is 2.17. The Kier molecular flexibility index (Phi) is 4.76. The van der Waals surface area contributed by atoms with Gasteiger partial charge in [0, 0.05) is 16.4 Å².